The molecule has 0 radical (unpaired) electrons. The van der Waals surface area contributed by atoms with E-state index in [1.807, 2.05) is 17.9 Å². The van der Waals surface area contributed by atoms with Gasteiger partial charge in [-0.2, -0.15) is 0 Å². The molecule has 1 amide bonds. The Morgan fingerprint density at radius 1 is 1.27 bits per heavy atom. The van der Waals surface area contributed by atoms with Crippen LogP contribution in [-0.4, -0.2) is 41.8 Å². The number of carbonyl (C=O) groups is 1. The Balaban J connectivity index is 1.91. The first-order chi connectivity index (χ1) is 12.5. The number of nitrogens with two attached hydrogens (primary N) is 1. The van der Waals surface area contributed by atoms with Crippen LogP contribution in [0.3, 0.4) is 0 Å². The van der Waals surface area contributed by atoms with Gasteiger partial charge < -0.3 is 20.9 Å². The van der Waals surface area contributed by atoms with Crippen LogP contribution in [0.4, 0.5) is 11.4 Å². The predicted octanol–water partition coefficient (Wildman–Crippen LogP) is 2.00. The van der Waals surface area contributed by atoms with Crippen LogP contribution in [-0.2, 0) is 0 Å². The van der Waals surface area contributed by atoms with E-state index in [-0.39, 0.29) is 17.3 Å². The van der Waals surface area contributed by atoms with Crippen LogP contribution >= 0.6 is 0 Å². The zero-order valence-electron chi connectivity index (χ0n) is 15.0. The number of hydrogen-bond donors (Lipinski definition) is 3. The van der Waals surface area contributed by atoms with Crippen LogP contribution < -0.4 is 16.6 Å². The highest BCUT2D eigenvalue weighted by atomic mass is 16.2. The van der Waals surface area contributed by atoms with E-state index in [9.17, 15) is 9.59 Å². The number of amidine groups is 1. The van der Waals surface area contributed by atoms with Crippen molar-refractivity contribution in [3.05, 3.63) is 57.5 Å². The minimum Gasteiger partial charge on any atom is -0.387 e. The molecule has 1 aliphatic heterocycles. The summed E-state index contributed by atoms with van der Waals surface area (Å²) in [5, 5.41) is 2.94. The summed E-state index contributed by atoms with van der Waals surface area (Å²) < 4.78 is 0. The Kier molecular flexibility index (Phi) is 5.06. The lowest BCUT2D eigenvalue weighted by molar-refractivity contribution is 0.0792. The van der Waals surface area contributed by atoms with Crippen LogP contribution in [0.2, 0.25) is 0 Å². The van der Waals surface area contributed by atoms with Crippen molar-refractivity contribution in [2.45, 2.75) is 19.8 Å². The smallest absolute Gasteiger partial charge is 0.261 e. The van der Waals surface area contributed by atoms with E-state index in [1.165, 1.54) is 0 Å². The molecule has 2 heterocycles. The molecule has 0 aliphatic carbocycles. The monoisotopic (exact) mass is 353 g/mol. The average molecular weight is 353 g/mol. The highest BCUT2D eigenvalue weighted by molar-refractivity contribution is 6.03. The molecule has 0 unspecified atom stereocenters. The van der Waals surface area contributed by atoms with Gasteiger partial charge in [0.05, 0.1) is 11.4 Å². The van der Waals surface area contributed by atoms with Crippen LogP contribution in [0.5, 0.6) is 0 Å². The van der Waals surface area contributed by atoms with Gasteiger partial charge in [0.1, 0.15) is 11.4 Å². The SMILES string of the molecule is CNc1cc[nH]c(=O)c1C(N)=Nc1ccc(C(=O)N2CCCC2)c(C)c1. The lowest BCUT2D eigenvalue weighted by atomic mass is 10.1. The number of aromatic amines is 1. The van der Waals surface area contributed by atoms with E-state index >= 15 is 0 Å². The summed E-state index contributed by atoms with van der Waals surface area (Å²) >= 11 is 0. The summed E-state index contributed by atoms with van der Waals surface area (Å²) in [7, 11) is 1.72. The molecule has 0 spiro atoms. The van der Waals surface area contributed by atoms with Gasteiger partial charge in [0.2, 0.25) is 0 Å². The third-order valence-electron chi connectivity index (χ3n) is 4.57. The summed E-state index contributed by atoms with van der Waals surface area (Å²) in [6, 6.07) is 7.06. The van der Waals surface area contributed by atoms with Gasteiger partial charge in [-0.1, -0.05) is 0 Å². The van der Waals surface area contributed by atoms with Crippen LogP contribution in [0.1, 0.15) is 34.3 Å². The van der Waals surface area contributed by atoms with Gasteiger partial charge in [0.15, 0.2) is 0 Å². The molecule has 1 aromatic carbocycles. The minimum atomic E-state index is -0.310. The van der Waals surface area contributed by atoms with Gasteiger partial charge in [-0.3, -0.25) is 9.59 Å². The Hall–Kier alpha value is -3.09. The molecule has 7 nitrogen and oxygen atoms in total. The number of benzene rings is 1. The fourth-order valence-corrected chi connectivity index (χ4v) is 3.18. The van der Waals surface area contributed by atoms with Crippen molar-refractivity contribution in [1.29, 1.82) is 0 Å². The number of pyridine rings is 1. The van der Waals surface area contributed by atoms with Crippen molar-refractivity contribution in [3.8, 4) is 0 Å². The highest BCUT2D eigenvalue weighted by Crippen LogP contribution is 2.22. The minimum absolute atomic E-state index is 0.0560. The number of H-pyrrole nitrogens is 1. The zero-order valence-corrected chi connectivity index (χ0v) is 15.0. The molecule has 7 heteroatoms. The molecule has 0 bridgehead atoms. The van der Waals surface area contributed by atoms with Crippen molar-refractivity contribution in [2.24, 2.45) is 10.7 Å². The van der Waals surface area contributed by atoms with Crippen molar-refractivity contribution < 1.29 is 4.79 Å². The summed E-state index contributed by atoms with van der Waals surface area (Å²) in [6.07, 6.45) is 3.67. The van der Waals surface area contributed by atoms with Crippen molar-refractivity contribution in [3.63, 3.8) is 0 Å². The number of aromatic nitrogens is 1. The van der Waals surface area contributed by atoms with Gasteiger partial charge in [0, 0.05) is 31.9 Å². The maximum absolute atomic E-state index is 12.6. The van der Waals surface area contributed by atoms with E-state index in [0.29, 0.717) is 22.5 Å². The molecule has 0 saturated carbocycles. The second-order valence-corrected chi connectivity index (χ2v) is 6.34. The second-order valence-electron chi connectivity index (χ2n) is 6.34. The second kappa shape index (κ2) is 7.43. The van der Waals surface area contributed by atoms with E-state index in [4.69, 9.17) is 5.73 Å². The molecule has 4 N–H and O–H groups in total. The van der Waals surface area contributed by atoms with Gasteiger partial charge >= 0.3 is 0 Å². The van der Waals surface area contributed by atoms with Crippen LogP contribution in [0.15, 0.2) is 40.2 Å². The average Bonchev–Trinajstić information content (AvgIpc) is 3.15. The number of carbonyl (C=O) groups excluding carboxylic acids is 1. The number of anilines is 1. The molecule has 1 aromatic heterocycles. The third kappa shape index (κ3) is 3.46. The normalized spacial score (nSPS) is 14.5. The maximum Gasteiger partial charge on any atom is 0.261 e. The topological polar surface area (TPSA) is 104 Å². The number of nitrogens with one attached hydrogen (secondary N) is 2. The van der Waals surface area contributed by atoms with Gasteiger partial charge in [-0.05, 0) is 49.6 Å². The number of likely N-dealkylation sites (tertiary alicyclic amines) is 1. The maximum atomic E-state index is 12.6. The molecule has 1 fully saturated rings. The quantitative estimate of drug-likeness (QED) is 0.578. The Morgan fingerprint density at radius 2 is 2.00 bits per heavy atom. The van der Waals surface area contributed by atoms with E-state index in [1.54, 1.807) is 31.4 Å². The summed E-state index contributed by atoms with van der Waals surface area (Å²) in [6.45, 7) is 3.51. The Morgan fingerprint density at radius 3 is 2.65 bits per heavy atom. The molecule has 136 valence electrons. The van der Waals surface area contributed by atoms with E-state index in [2.05, 4.69) is 15.3 Å². The first kappa shape index (κ1) is 17.7. The number of nitrogens with zero attached hydrogens (tertiary/aromatic N) is 2. The van der Waals surface area contributed by atoms with Gasteiger partial charge in [-0.15, -0.1) is 0 Å². The fourth-order valence-electron chi connectivity index (χ4n) is 3.18. The van der Waals surface area contributed by atoms with Gasteiger partial charge in [-0.25, -0.2) is 4.99 Å². The lowest BCUT2D eigenvalue weighted by Gasteiger charge is -2.16. The first-order valence-electron chi connectivity index (χ1n) is 8.65. The van der Waals surface area contributed by atoms with Gasteiger partial charge in [0.25, 0.3) is 11.5 Å². The predicted molar refractivity (Wildman–Crippen MR) is 103 cm³/mol. The summed E-state index contributed by atoms with van der Waals surface area (Å²) in [5.74, 6) is 0.176. The number of hydrogen-bond acceptors (Lipinski definition) is 4. The largest absolute Gasteiger partial charge is 0.387 e. The van der Waals surface area contributed by atoms with Crippen molar-refractivity contribution >= 4 is 23.1 Å². The Labute approximate surface area is 151 Å². The lowest BCUT2D eigenvalue weighted by Crippen LogP contribution is -2.28. The van der Waals surface area contributed by atoms with E-state index < -0.39 is 0 Å². The standard InChI is InChI=1S/C19H23N5O2/c1-12-11-13(5-6-14(12)19(26)24-9-3-4-10-24)23-17(20)16-15(21-2)7-8-22-18(16)25/h5-8,11H,3-4,9-10H2,1-2H3,(H2,20,23)(H2,21,22,25). The van der Waals surface area contributed by atoms with Crippen molar-refractivity contribution in [1.82, 2.24) is 9.88 Å². The van der Waals surface area contributed by atoms with E-state index in [0.717, 1.165) is 31.5 Å². The number of rotatable bonds is 4. The number of amides is 1. The molecule has 2 aromatic rings. The van der Waals surface area contributed by atoms with Crippen LogP contribution in [0, 0.1) is 6.92 Å². The summed E-state index contributed by atoms with van der Waals surface area (Å²) in [4.78, 5) is 33.5. The third-order valence-corrected chi connectivity index (χ3v) is 4.57. The molecule has 0 atom stereocenters. The van der Waals surface area contributed by atoms with Crippen LogP contribution in [0.25, 0.3) is 0 Å². The Bertz CT molecular complexity index is 910. The first-order valence-corrected chi connectivity index (χ1v) is 8.65. The molecular formula is C19H23N5O2. The summed E-state index contributed by atoms with van der Waals surface area (Å²) in [5.41, 5.74) is 8.78. The molecular weight excluding hydrogens is 330 g/mol. The fraction of sp³-hybridized carbons (Fsp3) is 0.316. The zero-order chi connectivity index (χ0) is 18.7. The highest BCUT2D eigenvalue weighted by Gasteiger charge is 2.21. The number of aryl methyl sites for hydroxylation is 1. The molecule has 3 rings (SSSR count). The molecule has 1 aliphatic rings. The molecule has 1 saturated heterocycles. The number of aliphatic imine (C=N–C) groups is 1. The molecule has 26 heavy (non-hydrogen) atoms. The van der Waals surface area contributed by atoms with Crippen molar-refractivity contribution in [2.75, 3.05) is 25.5 Å².